The molecule has 3 rings (SSSR count). The molecular formula is C17H24NO+. The van der Waals surface area contributed by atoms with Crippen LogP contribution in [0.4, 0.5) is 0 Å². The number of nitrogens with one attached hydrogen (secondary N) is 1. The topological polar surface area (TPSA) is 21.5 Å². The van der Waals surface area contributed by atoms with E-state index in [-0.39, 0.29) is 5.41 Å². The zero-order chi connectivity index (χ0) is 13.1. The number of rotatable bonds is 4. The SMILES string of the molecule is O=C(C[NH+]1CCCCC1)C1(c2ccccc2)CCC1. The maximum atomic E-state index is 12.8. The fourth-order valence-electron chi connectivity index (χ4n) is 3.64. The normalized spacial score (nSPS) is 22.7. The number of Topliss-reactive ketones (excluding diaryl/α,β-unsaturated/α-hetero) is 1. The van der Waals surface area contributed by atoms with Crippen molar-refractivity contribution in [2.75, 3.05) is 19.6 Å². The third-order valence-electron chi connectivity index (χ3n) is 5.04. The van der Waals surface area contributed by atoms with Crippen LogP contribution in [0.2, 0.25) is 0 Å². The lowest BCUT2D eigenvalue weighted by atomic mass is 9.62. The summed E-state index contributed by atoms with van der Waals surface area (Å²) in [4.78, 5) is 14.3. The van der Waals surface area contributed by atoms with E-state index in [2.05, 4.69) is 24.3 Å². The Balaban J connectivity index is 1.73. The number of ketones is 1. The van der Waals surface area contributed by atoms with Gasteiger partial charge in [-0.1, -0.05) is 36.8 Å². The quantitative estimate of drug-likeness (QED) is 0.873. The van der Waals surface area contributed by atoms with Gasteiger partial charge in [-0.05, 0) is 37.7 Å². The first kappa shape index (κ1) is 12.9. The van der Waals surface area contributed by atoms with Gasteiger partial charge < -0.3 is 4.90 Å². The molecule has 1 aliphatic heterocycles. The second-order valence-electron chi connectivity index (χ2n) is 6.21. The lowest BCUT2D eigenvalue weighted by Gasteiger charge is -2.41. The van der Waals surface area contributed by atoms with Gasteiger partial charge in [-0.25, -0.2) is 0 Å². The van der Waals surface area contributed by atoms with E-state index >= 15 is 0 Å². The molecule has 2 aliphatic rings. The highest BCUT2D eigenvalue weighted by Crippen LogP contribution is 2.44. The van der Waals surface area contributed by atoms with Crippen molar-refractivity contribution in [2.24, 2.45) is 0 Å². The van der Waals surface area contributed by atoms with Crippen molar-refractivity contribution in [3.05, 3.63) is 35.9 Å². The largest absolute Gasteiger partial charge is 0.329 e. The number of carbonyl (C=O) groups is 1. The number of benzene rings is 1. The lowest BCUT2D eigenvalue weighted by Crippen LogP contribution is -3.14. The van der Waals surface area contributed by atoms with Crippen LogP contribution in [-0.2, 0) is 10.2 Å². The first-order chi connectivity index (χ1) is 9.31. The smallest absolute Gasteiger partial charge is 0.197 e. The molecule has 0 amide bonds. The minimum absolute atomic E-state index is 0.133. The van der Waals surface area contributed by atoms with Crippen LogP contribution in [0.5, 0.6) is 0 Å². The van der Waals surface area contributed by atoms with Crippen LogP contribution >= 0.6 is 0 Å². The molecule has 102 valence electrons. The fraction of sp³-hybridized carbons (Fsp3) is 0.588. The van der Waals surface area contributed by atoms with Gasteiger partial charge in [-0.3, -0.25) is 4.79 Å². The summed E-state index contributed by atoms with van der Waals surface area (Å²) in [5.41, 5.74) is 1.12. The van der Waals surface area contributed by atoms with E-state index in [4.69, 9.17) is 0 Å². The monoisotopic (exact) mass is 258 g/mol. The highest BCUT2D eigenvalue weighted by atomic mass is 16.1. The molecule has 1 aliphatic carbocycles. The van der Waals surface area contributed by atoms with Gasteiger partial charge in [-0.15, -0.1) is 0 Å². The molecule has 1 saturated carbocycles. The summed E-state index contributed by atoms with van der Waals surface area (Å²) in [5.74, 6) is 0.488. The van der Waals surface area contributed by atoms with Gasteiger partial charge in [0.1, 0.15) is 6.54 Å². The van der Waals surface area contributed by atoms with Crippen molar-refractivity contribution >= 4 is 5.78 Å². The Morgan fingerprint density at radius 2 is 1.68 bits per heavy atom. The molecule has 1 aromatic carbocycles. The van der Waals surface area contributed by atoms with Gasteiger partial charge in [-0.2, -0.15) is 0 Å². The lowest BCUT2D eigenvalue weighted by molar-refractivity contribution is -0.897. The Kier molecular flexibility index (Phi) is 3.69. The number of likely N-dealkylation sites (tertiary alicyclic amines) is 1. The van der Waals surface area contributed by atoms with Crippen LogP contribution in [-0.4, -0.2) is 25.4 Å². The zero-order valence-electron chi connectivity index (χ0n) is 11.7. The van der Waals surface area contributed by atoms with Crippen LogP contribution in [0.3, 0.4) is 0 Å². The standard InChI is InChI=1S/C17H23NO/c19-16(14-18-12-5-2-6-13-18)17(10-7-11-17)15-8-3-1-4-9-15/h1,3-4,8-9H,2,5-7,10-14H2/p+1. The van der Waals surface area contributed by atoms with E-state index in [1.165, 1.54) is 49.2 Å². The molecule has 2 heteroatoms. The first-order valence-corrected chi connectivity index (χ1v) is 7.74. The van der Waals surface area contributed by atoms with Gasteiger partial charge in [0.25, 0.3) is 0 Å². The van der Waals surface area contributed by atoms with E-state index in [1.54, 1.807) is 0 Å². The van der Waals surface area contributed by atoms with Crippen LogP contribution in [0.25, 0.3) is 0 Å². The molecule has 0 atom stereocenters. The molecule has 19 heavy (non-hydrogen) atoms. The number of piperidine rings is 1. The van der Waals surface area contributed by atoms with E-state index in [1.807, 2.05) is 6.07 Å². The van der Waals surface area contributed by atoms with Crippen LogP contribution < -0.4 is 4.90 Å². The Hall–Kier alpha value is -1.15. The van der Waals surface area contributed by atoms with Gasteiger partial charge >= 0.3 is 0 Å². The second kappa shape index (κ2) is 5.46. The van der Waals surface area contributed by atoms with Gasteiger partial charge in [0.15, 0.2) is 5.78 Å². The third-order valence-corrected chi connectivity index (χ3v) is 5.04. The van der Waals surface area contributed by atoms with Gasteiger partial charge in [0.05, 0.1) is 18.5 Å². The van der Waals surface area contributed by atoms with E-state index in [0.29, 0.717) is 5.78 Å². The molecule has 0 unspecified atom stereocenters. The second-order valence-corrected chi connectivity index (χ2v) is 6.21. The number of hydrogen-bond donors (Lipinski definition) is 1. The van der Waals surface area contributed by atoms with Crippen molar-refractivity contribution in [1.82, 2.24) is 0 Å². The molecule has 0 radical (unpaired) electrons. The van der Waals surface area contributed by atoms with Crippen LogP contribution in [0.1, 0.15) is 44.1 Å². The molecule has 1 N–H and O–H groups in total. The first-order valence-electron chi connectivity index (χ1n) is 7.74. The molecule has 0 aromatic heterocycles. The zero-order valence-corrected chi connectivity index (χ0v) is 11.7. The summed E-state index contributed by atoms with van der Waals surface area (Å²) in [7, 11) is 0. The minimum Gasteiger partial charge on any atom is -0.329 e. The summed E-state index contributed by atoms with van der Waals surface area (Å²) >= 11 is 0. The number of carbonyl (C=O) groups excluding carboxylic acids is 1. The molecular weight excluding hydrogens is 234 g/mol. The van der Waals surface area contributed by atoms with Crippen molar-refractivity contribution in [2.45, 2.75) is 43.9 Å². The Morgan fingerprint density at radius 1 is 1.00 bits per heavy atom. The highest BCUT2D eigenvalue weighted by molar-refractivity contribution is 5.91. The van der Waals surface area contributed by atoms with E-state index in [0.717, 1.165) is 19.4 Å². The highest BCUT2D eigenvalue weighted by Gasteiger charge is 2.46. The maximum Gasteiger partial charge on any atom is 0.197 e. The average molecular weight is 258 g/mol. The minimum atomic E-state index is -0.133. The summed E-state index contributed by atoms with van der Waals surface area (Å²) in [5, 5.41) is 0. The Labute approximate surface area is 115 Å². The van der Waals surface area contributed by atoms with E-state index in [9.17, 15) is 4.79 Å². The molecule has 2 nitrogen and oxygen atoms in total. The summed E-state index contributed by atoms with van der Waals surface area (Å²) in [6.07, 6.45) is 7.26. The molecule has 0 spiro atoms. The summed E-state index contributed by atoms with van der Waals surface area (Å²) in [6, 6.07) is 10.5. The molecule has 1 saturated heterocycles. The number of hydrogen-bond acceptors (Lipinski definition) is 1. The Morgan fingerprint density at radius 3 is 2.26 bits per heavy atom. The van der Waals surface area contributed by atoms with Crippen molar-refractivity contribution in [3.8, 4) is 0 Å². The number of quaternary nitrogens is 1. The molecule has 1 aromatic rings. The van der Waals surface area contributed by atoms with Crippen molar-refractivity contribution in [3.63, 3.8) is 0 Å². The predicted octanol–water partition coefficient (Wildman–Crippen LogP) is 1.75. The molecule has 1 heterocycles. The van der Waals surface area contributed by atoms with Gasteiger partial charge in [0, 0.05) is 0 Å². The summed E-state index contributed by atoms with van der Waals surface area (Å²) in [6.45, 7) is 3.13. The predicted molar refractivity (Wildman–Crippen MR) is 76.4 cm³/mol. The van der Waals surface area contributed by atoms with E-state index < -0.39 is 0 Å². The van der Waals surface area contributed by atoms with Crippen molar-refractivity contribution in [1.29, 1.82) is 0 Å². The third kappa shape index (κ3) is 2.46. The van der Waals surface area contributed by atoms with Gasteiger partial charge in [0.2, 0.25) is 0 Å². The summed E-state index contributed by atoms with van der Waals surface area (Å²) < 4.78 is 0. The van der Waals surface area contributed by atoms with Crippen LogP contribution in [0, 0.1) is 0 Å². The van der Waals surface area contributed by atoms with Crippen LogP contribution in [0.15, 0.2) is 30.3 Å². The molecule has 0 bridgehead atoms. The maximum absolute atomic E-state index is 12.8. The Bertz CT molecular complexity index is 430. The van der Waals surface area contributed by atoms with Crippen molar-refractivity contribution < 1.29 is 9.69 Å². The fourth-order valence-corrected chi connectivity index (χ4v) is 3.64. The molecule has 2 fully saturated rings. The average Bonchev–Trinajstić information content (AvgIpc) is 2.40.